The lowest BCUT2D eigenvalue weighted by Crippen LogP contribution is -1.96. The average Bonchev–Trinajstić information content (AvgIpc) is 2.82. The molecule has 0 radical (unpaired) electrons. The summed E-state index contributed by atoms with van der Waals surface area (Å²) in [5.74, 6) is -0.344. The molecular weight excluding hydrogens is 424 g/mol. The number of halogens is 4. The fourth-order valence-electron chi connectivity index (χ4n) is 1.97. The SMILES string of the molecule is Fc1ccccc1-c1cc(Cl)n2ncc(C=C(Br)Br)c2n1. The zero-order valence-corrected chi connectivity index (χ0v) is 14.3. The summed E-state index contributed by atoms with van der Waals surface area (Å²) in [6, 6.07) is 8.03. The van der Waals surface area contributed by atoms with E-state index in [-0.39, 0.29) is 5.82 Å². The third-order valence-corrected chi connectivity index (χ3v) is 3.60. The van der Waals surface area contributed by atoms with Crippen LogP contribution in [0, 0.1) is 5.82 Å². The largest absolute Gasteiger partial charge is 0.228 e. The van der Waals surface area contributed by atoms with E-state index in [1.807, 2.05) is 0 Å². The maximum Gasteiger partial charge on any atom is 0.164 e. The van der Waals surface area contributed by atoms with Crippen molar-refractivity contribution in [1.29, 1.82) is 0 Å². The van der Waals surface area contributed by atoms with Gasteiger partial charge < -0.3 is 0 Å². The van der Waals surface area contributed by atoms with Crippen LogP contribution in [0.25, 0.3) is 23.0 Å². The van der Waals surface area contributed by atoms with Crippen molar-refractivity contribution in [1.82, 2.24) is 14.6 Å². The lowest BCUT2D eigenvalue weighted by molar-refractivity contribution is 0.630. The Labute approximate surface area is 141 Å². The fourth-order valence-corrected chi connectivity index (χ4v) is 2.69. The van der Waals surface area contributed by atoms with Gasteiger partial charge in [0, 0.05) is 17.2 Å². The van der Waals surface area contributed by atoms with Crippen LogP contribution >= 0.6 is 43.5 Å². The van der Waals surface area contributed by atoms with E-state index >= 15 is 0 Å². The van der Waals surface area contributed by atoms with Crippen molar-refractivity contribution in [2.24, 2.45) is 0 Å². The molecule has 0 spiro atoms. The van der Waals surface area contributed by atoms with E-state index in [1.165, 1.54) is 10.6 Å². The standard InChI is InChI=1S/C14H7Br2ClFN3/c15-12(16)5-8-7-19-21-13(17)6-11(20-14(8)21)9-3-1-2-4-10(9)18/h1-7H. The number of hydrogen-bond donors (Lipinski definition) is 0. The van der Waals surface area contributed by atoms with Crippen molar-refractivity contribution >= 4 is 55.2 Å². The molecular formula is C14H7Br2ClFN3. The third kappa shape index (κ3) is 2.88. The van der Waals surface area contributed by atoms with E-state index in [0.29, 0.717) is 22.1 Å². The molecule has 2 aromatic heterocycles. The van der Waals surface area contributed by atoms with Gasteiger partial charge >= 0.3 is 0 Å². The van der Waals surface area contributed by atoms with E-state index in [4.69, 9.17) is 11.6 Å². The van der Waals surface area contributed by atoms with Crippen LogP contribution in [0.5, 0.6) is 0 Å². The van der Waals surface area contributed by atoms with Gasteiger partial charge in [-0.2, -0.15) is 5.10 Å². The molecule has 0 aliphatic carbocycles. The van der Waals surface area contributed by atoms with E-state index in [9.17, 15) is 4.39 Å². The first-order valence-electron chi connectivity index (χ1n) is 5.88. The number of rotatable bonds is 2. The van der Waals surface area contributed by atoms with Crippen LogP contribution in [0.2, 0.25) is 5.15 Å². The molecule has 0 unspecified atom stereocenters. The molecule has 0 saturated heterocycles. The number of hydrogen-bond acceptors (Lipinski definition) is 2. The van der Waals surface area contributed by atoms with Crippen molar-refractivity contribution in [3.63, 3.8) is 0 Å². The van der Waals surface area contributed by atoms with Crippen molar-refractivity contribution in [2.45, 2.75) is 0 Å². The topological polar surface area (TPSA) is 30.2 Å². The van der Waals surface area contributed by atoms with Crippen LogP contribution in [-0.2, 0) is 0 Å². The molecule has 2 heterocycles. The Hall–Kier alpha value is -1.24. The molecule has 0 saturated carbocycles. The first-order valence-corrected chi connectivity index (χ1v) is 7.84. The highest BCUT2D eigenvalue weighted by Gasteiger charge is 2.12. The maximum atomic E-state index is 13.9. The summed E-state index contributed by atoms with van der Waals surface area (Å²) in [5.41, 5.74) is 2.18. The summed E-state index contributed by atoms with van der Waals surface area (Å²) in [4.78, 5) is 4.47. The molecule has 0 fully saturated rings. The predicted molar refractivity (Wildman–Crippen MR) is 89.2 cm³/mol. The zero-order chi connectivity index (χ0) is 15.0. The summed E-state index contributed by atoms with van der Waals surface area (Å²) < 4.78 is 16.2. The molecule has 0 bridgehead atoms. The average molecular weight is 431 g/mol. The monoisotopic (exact) mass is 429 g/mol. The Bertz CT molecular complexity index is 857. The quantitative estimate of drug-likeness (QED) is 0.517. The van der Waals surface area contributed by atoms with Crippen molar-refractivity contribution in [3.8, 4) is 11.3 Å². The summed E-state index contributed by atoms with van der Waals surface area (Å²) >= 11 is 12.8. The van der Waals surface area contributed by atoms with Gasteiger partial charge in [0.2, 0.25) is 0 Å². The second-order valence-corrected chi connectivity index (χ2v) is 7.37. The highest BCUT2D eigenvalue weighted by molar-refractivity contribution is 9.28. The molecule has 106 valence electrons. The van der Waals surface area contributed by atoms with E-state index in [1.54, 1.807) is 36.5 Å². The molecule has 0 N–H and O–H groups in total. The highest BCUT2D eigenvalue weighted by atomic mass is 79.9. The van der Waals surface area contributed by atoms with Crippen LogP contribution < -0.4 is 0 Å². The minimum absolute atomic E-state index is 0.344. The molecule has 0 aliphatic rings. The van der Waals surface area contributed by atoms with Crippen LogP contribution in [0.4, 0.5) is 4.39 Å². The smallest absolute Gasteiger partial charge is 0.164 e. The first-order chi connectivity index (χ1) is 10.1. The van der Waals surface area contributed by atoms with Gasteiger partial charge in [-0.05, 0) is 50.1 Å². The Morgan fingerprint density at radius 1 is 1.29 bits per heavy atom. The number of benzene rings is 1. The number of fused-ring (bicyclic) bond motifs is 1. The normalized spacial score (nSPS) is 10.9. The molecule has 1 aromatic carbocycles. The molecule has 21 heavy (non-hydrogen) atoms. The zero-order valence-electron chi connectivity index (χ0n) is 10.4. The van der Waals surface area contributed by atoms with Gasteiger partial charge in [-0.25, -0.2) is 13.9 Å². The molecule has 3 nitrogen and oxygen atoms in total. The molecule has 0 atom stereocenters. The minimum atomic E-state index is -0.344. The maximum absolute atomic E-state index is 13.9. The van der Waals surface area contributed by atoms with Gasteiger partial charge in [0.1, 0.15) is 11.0 Å². The second kappa shape index (κ2) is 5.87. The Morgan fingerprint density at radius 3 is 2.76 bits per heavy atom. The summed E-state index contributed by atoms with van der Waals surface area (Å²) in [6.07, 6.45) is 3.44. The Balaban J connectivity index is 2.27. The van der Waals surface area contributed by atoms with E-state index in [0.717, 1.165) is 8.96 Å². The number of aromatic nitrogens is 3. The third-order valence-electron chi connectivity index (χ3n) is 2.87. The fraction of sp³-hybridized carbons (Fsp3) is 0. The Kier molecular flexibility index (Phi) is 4.10. The first kappa shape index (κ1) is 14.7. The molecule has 3 rings (SSSR count). The minimum Gasteiger partial charge on any atom is -0.228 e. The van der Waals surface area contributed by atoms with Gasteiger partial charge in [0.25, 0.3) is 0 Å². The molecule has 3 aromatic rings. The molecule has 7 heteroatoms. The molecule has 0 aliphatic heterocycles. The van der Waals surface area contributed by atoms with Crippen LogP contribution in [0.15, 0.2) is 39.9 Å². The van der Waals surface area contributed by atoms with Crippen LogP contribution in [-0.4, -0.2) is 14.6 Å². The van der Waals surface area contributed by atoms with Gasteiger partial charge in [0.15, 0.2) is 5.65 Å². The van der Waals surface area contributed by atoms with Crippen molar-refractivity contribution in [2.75, 3.05) is 0 Å². The van der Waals surface area contributed by atoms with E-state index in [2.05, 4.69) is 41.9 Å². The lowest BCUT2D eigenvalue weighted by atomic mass is 10.1. The lowest BCUT2D eigenvalue weighted by Gasteiger charge is -2.05. The molecule has 0 amide bonds. The van der Waals surface area contributed by atoms with Gasteiger partial charge in [0.05, 0.1) is 15.3 Å². The Morgan fingerprint density at radius 2 is 2.05 bits per heavy atom. The number of nitrogens with zero attached hydrogens (tertiary/aromatic N) is 3. The van der Waals surface area contributed by atoms with Crippen molar-refractivity contribution < 1.29 is 4.39 Å². The van der Waals surface area contributed by atoms with Gasteiger partial charge in [-0.3, -0.25) is 0 Å². The van der Waals surface area contributed by atoms with Gasteiger partial charge in [-0.15, -0.1) is 0 Å². The van der Waals surface area contributed by atoms with E-state index < -0.39 is 0 Å². The second-order valence-electron chi connectivity index (χ2n) is 4.21. The summed E-state index contributed by atoms with van der Waals surface area (Å²) in [6.45, 7) is 0. The van der Waals surface area contributed by atoms with Crippen LogP contribution in [0.3, 0.4) is 0 Å². The van der Waals surface area contributed by atoms with Crippen molar-refractivity contribution in [3.05, 3.63) is 56.5 Å². The predicted octanol–water partition coefficient (Wildman–Crippen LogP) is 5.28. The summed E-state index contributed by atoms with van der Waals surface area (Å²) in [7, 11) is 0. The highest BCUT2D eigenvalue weighted by Crippen LogP contribution is 2.27. The van der Waals surface area contributed by atoms with Gasteiger partial charge in [-0.1, -0.05) is 23.7 Å². The van der Waals surface area contributed by atoms with Crippen LogP contribution in [0.1, 0.15) is 5.56 Å². The summed E-state index contributed by atoms with van der Waals surface area (Å²) in [5, 5.41) is 4.54.